The van der Waals surface area contributed by atoms with Crippen LogP contribution in [0.15, 0.2) is 5.76 Å². The third kappa shape index (κ3) is 3.13. The SMILES string of the molecule is CC1(C)CC[C]=C(OS(=O)(=O)C(F)(F)F)C1. The van der Waals surface area contributed by atoms with E-state index in [9.17, 15) is 21.6 Å². The molecule has 7 heteroatoms. The molecule has 16 heavy (non-hydrogen) atoms. The Balaban J connectivity index is 2.81. The second-order valence-electron chi connectivity index (χ2n) is 4.42. The molecule has 0 aliphatic heterocycles. The molecule has 0 unspecified atom stereocenters. The molecular weight excluding hydrogens is 245 g/mol. The molecule has 0 heterocycles. The van der Waals surface area contributed by atoms with Gasteiger partial charge in [-0.1, -0.05) is 13.8 Å². The van der Waals surface area contributed by atoms with Crippen LogP contribution in [0, 0.1) is 11.5 Å². The highest BCUT2D eigenvalue weighted by atomic mass is 32.2. The highest BCUT2D eigenvalue weighted by Crippen LogP contribution is 2.37. The molecule has 0 saturated carbocycles. The molecule has 1 aliphatic carbocycles. The van der Waals surface area contributed by atoms with Crippen LogP contribution in [0.4, 0.5) is 13.2 Å². The molecule has 0 N–H and O–H groups in total. The maximum Gasteiger partial charge on any atom is 0.534 e. The van der Waals surface area contributed by atoms with E-state index >= 15 is 0 Å². The van der Waals surface area contributed by atoms with Gasteiger partial charge in [-0.25, -0.2) is 0 Å². The van der Waals surface area contributed by atoms with E-state index < -0.39 is 15.6 Å². The minimum atomic E-state index is -5.55. The molecule has 0 atom stereocenters. The summed E-state index contributed by atoms with van der Waals surface area (Å²) in [5, 5.41) is 0. The summed E-state index contributed by atoms with van der Waals surface area (Å²) in [6, 6.07) is 0. The van der Waals surface area contributed by atoms with Gasteiger partial charge in [-0.3, -0.25) is 0 Å². The van der Waals surface area contributed by atoms with Crippen molar-refractivity contribution in [3.05, 3.63) is 11.8 Å². The van der Waals surface area contributed by atoms with Gasteiger partial charge in [0.15, 0.2) is 0 Å². The predicted molar refractivity (Wildman–Crippen MR) is 50.4 cm³/mol. The first-order valence-corrected chi connectivity index (χ1v) is 6.05. The van der Waals surface area contributed by atoms with Crippen LogP contribution >= 0.6 is 0 Å². The first-order chi connectivity index (χ1) is 7.04. The normalized spacial score (nSPS) is 21.4. The average Bonchev–Trinajstić information content (AvgIpc) is 1.98. The summed E-state index contributed by atoms with van der Waals surface area (Å²) >= 11 is 0. The zero-order chi connectivity index (χ0) is 12.6. The van der Waals surface area contributed by atoms with E-state index in [2.05, 4.69) is 10.3 Å². The Labute approximate surface area is 92.4 Å². The first-order valence-electron chi connectivity index (χ1n) is 4.64. The molecule has 0 amide bonds. The van der Waals surface area contributed by atoms with Crippen molar-refractivity contribution >= 4 is 10.1 Å². The van der Waals surface area contributed by atoms with Crippen molar-refractivity contribution < 1.29 is 25.8 Å². The largest absolute Gasteiger partial charge is 0.534 e. The number of hydrogen-bond donors (Lipinski definition) is 0. The van der Waals surface area contributed by atoms with E-state index in [1.807, 2.05) is 13.8 Å². The van der Waals surface area contributed by atoms with Crippen LogP contribution < -0.4 is 0 Å². The van der Waals surface area contributed by atoms with Crippen molar-refractivity contribution in [1.82, 2.24) is 0 Å². The van der Waals surface area contributed by atoms with Gasteiger partial charge < -0.3 is 4.18 Å². The molecule has 1 rings (SSSR count). The quantitative estimate of drug-likeness (QED) is 0.564. The topological polar surface area (TPSA) is 43.4 Å². The zero-order valence-electron chi connectivity index (χ0n) is 8.89. The average molecular weight is 257 g/mol. The van der Waals surface area contributed by atoms with Crippen molar-refractivity contribution in [2.45, 2.75) is 38.6 Å². The highest BCUT2D eigenvalue weighted by molar-refractivity contribution is 7.87. The van der Waals surface area contributed by atoms with E-state index in [4.69, 9.17) is 0 Å². The molecular formula is C9H12F3O3S. The standard InChI is InChI=1S/C9H12F3O3S/c1-8(2)5-3-4-7(6-8)15-16(13,14)9(10,11)12/h3,5-6H2,1-2H3. The lowest BCUT2D eigenvalue weighted by Crippen LogP contribution is -2.27. The fourth-order valence-electron chi connectivity index (χ4n) is 1.36. The highest BCUT2D eigenvalue weighted by Gasteiger charge is 2.49. The summed E-state index contributed by atoms with van der Waals surface area (Å²) in [5.74, 6) is -0.242. The number of alkyl halides is 3. The Kier molecular flexibility index (Phi) is 3.29. The van der Waals surface area contributed by atoms with E-state index in [0.29, 0.717) is 6.42 Å². The second kappa shape index (κ2) is 3.94. The number of halogens is 3. The van der Waals surface area contributed by atoms with Gasteiger partial charge in [-0.15, -0.1) is 0 Å². The van der Waals surface area contributed by atoms with Crippen LogP contribution in [-0.2, 0) is 14.3 Å². The van der Waals surface area contributed by atoms with E-state index in [0.717, 1.165) is 6.42 Å². The minimum absolute atomic E-state index is 0.141. The third-order valence-corrected chi connectivity index (χ3v) is 3.24. The Morgan fingerprint density at radius 1 is 1.38 bits per heavy atom. The van der Waals surface area contributed by atoms with Gasteiger partial charge >= 0.3 is 15.6 Å². The Morgan fingerprint density at radius 3 is 2.38 bits per heavy atom. The third-order valence-electron chi connectivity index (χ3n) is 2.26. The molecule has 1 radical (unpaired) electrons. The maximum atomic E-state index is 12.0. The van der Waals surface area contributed by atoms with Crippen LogP contribution in [-0.4, -0.2) is 13.9 Å². The van der Waals surface area contributed by atoms with Gasteiger partial charge in [0, 0.05) is 6.42 Å². The lowest BCUT2D eigenvalue weighted by atomic mass is 9.80. The lowest BCUT2D eigenvalue weighted by Gasteiger charge is -2.28. The van der Waals surface area contributed by atoms with Gasteiger partial charge in [-0.2, -0.15) is 21.6 Å². The molecule has 3 nitrogen and oxygen atoms in total. The summed E-state index contributed by atoms with van der Waals surface area (Å²) in [6.45, 7) is 3.66. The fraction of sp³-hybridized carbons (Fsp3) is 0.778. The number of rotatable bonds is 2. The van der Waals surface area contributed by atoms with Crippen molar-refractivity contribution in [3.63, 3.8) is 0 Å². The fourth-order valence-corrected chi connectivity index (χ4v) is 1.84. The molecule has 1 aliphatic rings. The van der Waals surface area contributed by atoms with E-state index in [1.54, 1.807) is 0 Å². The molecule has 0 bridgehead atoms. The summed E-state index contributed by atoms with van der Waals surface area (Å²) in [6.07, 6.45) is 3.80. The van der Waals surface area contributed by atoms with Gasteiger partial charge in [0.05, 0.1) is 0 Å². The minimum Gasteiger partial charge on any atom is -0.380 e. The van der Waals surface area contributed by atoms with Crippen LogP contribution in [0.1, 0.15) is 33.1 Å². The summed E-state index contributed by atoms with van der Waals surface area (Å²) < 4.78 is 61.6. The molecule has 0 aromatic carbocycles. The van der Waals surface area contributed by atoms with Crippen LogP contribution in [0.3, 0.4) is 0 Å². The lowest BCUT2D eigenvalue weighted by molar-refractivity contribution is -0.0527. The van der Waals surface area contributed by atoms with Crippen molar-refractivity contribution in [1.29, 1.82) is 0 Å². The first kappa shape index (κ1) is 13.3. The Morgan fingerprint density at radius 2 is 1.94 bits per heavy atom. The Hall–Kier alpha value is -0.720. The number of hydrogen-bond acceptors (Lipinski definition) is 3. The van der Waals surface area contributed by atoms with Crippen LogP contribution in [0.2, 0.25) is 0 Å². The summed E-state index contributed by atoms with van der Waals surface area (Å²) in [5.41, 5.74) is -5.65. The van der Waals surface area contributed by atoms with Gasteiger partial charge in [-0.05, 0) is 24.3 Å². The molecule has 0 aromatic rings. The van der Waals surface area contributed by atoms with Crippen molar-refractivity contribution in [2.75, 3.05) is 0 Å². The molecule has 93 valence electrons. The van der Waals surface area contributed by atoms with E-state index in [1.165, 1.54) is 0 Å². The van der Waals surface area contributed by atoms with Crippen LogP contribution in [0.5, 0.6) is 0 Å². The monoisotopic (exact) mass is 257 g/mol. The Bertz CT molecular complexity index is 393. The van der Waals surface area contributed by atoms with Crippen molar-refractivity contribution in [3.8, 4) is 0 Å². The summed E-state index contributed by atoms with van der Waals surface area (Å²) in [4.78, 5) is 0. The predicted octanol–water partition coefficient (Wildman–Crippen LogP) is 2.75. The summed E-state index contributed by atoms with van der Waals surface area (Å²) in [7, 11) is -5.55. The molecule has 0 fully saturated rings. The smallest absolute Gasteiger partial charge is 0.380 e. The van der Waals surface area contributed by atoms with Gasteiger partial charge in [0.25, 0.3) is 0 Å². The zero-order valence-corrected chi connectivity index (χ0v) is 9.70. The van der Waals surface area contributed by atoms with Gasteiger partial charge in [0.1, 0.15) is 5.76 Å². The second-order valence-corrected chi connectivity index (χ2v) is 5.96. The molecule has 0 aromatic heterocycles. The van der Waals surface area contributed by atoms with Crippen LogP contribution in [0.25, 0.3) is 0 Å². The van der Waals surface area contributed by atoms with Gasteiger partial charge in [0.2, 0.25) is 0 Å². The van der Waals surface area contributed by atoms with Crippen molar-refractivity contribution in [2.24, 2.45) is 5.41 Å². The van der Waals surface area contributed by atoms with E-state index in [-0.39, 0.29) is 17.6 Å². The molecule has 0 spiro atoms. The number of allylic oxidation sites excluding steroid dienone is 2. The maximum absolute atomic E-state index is 12.0. The molecule has 0 saturated heterocycles.